The monoisotopic (exact) mass is 319 g/mol. The largest absolute Gasteiger partial charge is 0.265 e. The number of hydrogen-bond acceptors (Lipinski definition) is 3. The maximum Gasteiger partial charge on any atom is 0.172 e. The Hall–Kier alpha value is -2.83. The number of hydrogen-bond donors (Lipinski definition) is 0. The highest BCUT2D eigenvalue weighted by molar-refractivity contribution is 5.71. The van der Waals surface area contributed by atoms with Crippen molar-refractivity contribution < 1.29 is 17.6 Å². The van der Waals surface area contributed by atoms with E-state index >= 15 is 0 Å². The molecule has 116 valence electrons. The van der Waals surface area contributed by atoms with Gasteiger partial charge in [0.05, 0.1) is 16.8 Å². The van der Waals surface area contributed by atoms with Crippen LogP contribution >= 0.6 is 0 Å². The first-order chi connectivity index (χ1) is 11.0. The van der Waals surface area contributed by atoms with E-state index in [1.54, 1.807) is 0 Å². The highest BCUT2D eigenvalue weighted by Crippen LogP contribution is 2.35. The van der Waals surface area contributed by atoms with Crippen molar-refractivity contribution in [2.75, 3.05) is 0 Å². The highest BCUT2D eigenvalue weighted by atomic mass is 19.2. The van der Waals surface area contributed by atoms with Crippen molar-refractivity contribution in [1.29, 1.82) is 0 Å². The highest BCUT2D eigenvalue weighted by Gasteiger charge is 2.27. The minimum atomic E-state index is -1.51. The summed E-state index contributed by atoms with van der Waals surface area (Å²) in [7, 11) is 0. The molecule has 0 amide bonds. The van der Waals surface area contributed by atoms with Crippen LogP contribution in [0.5, 0.6) is 0 Å². The van der Waals surface area contributed by atoms with E-state index in [4.69, 9.17) is 0 Å². The fourth-order valence-electron chi connectivity index (χ4n) is 2.22. The molecule has 3 nitrogen and oxygen atoms in total. The van der Waals surface area contributed by atoms with Gasteiger partial charge in [-0.25, -0.2) is 27.5 Å². The summed E-state index contributed by atoms with van der Waals surface area (Å²) in [5.74, 6) is -5.76. The van der Waals surface area contributed by atoms with Gasteiger partial charge in [-0.15, -0.1) is 0 Å². The van der Waals surface area contributed by atoms with E-state index < -0.39 is 34.4 Å². The standard InChI is InChI=1S/C16H9F4N3/c1-8-22-7-4-10(23-8)12-15(19)13(17)11(14(18)16(12)20)9-2-5-21-6-3-9/h2-7H,1H3. The minimum absolute atomic E-state index is 0.0155. The zero-order valence-electron chi connectivity index (χ0n) is 11.8. The molecule has 2 aromatic heterocycles. The lowest BCUT2D eigenvalue weighted by Gasteiger charge is -2.12. The van der Waals surface area contributed by atoms with Gasteiger partial charge in [-0.2, -0.15) is 0 Å². The number of nitrogens with zero attached hydrogens (tertiary/aromatic N) is 3. The Labute approximate surface area is 128 Å². The molecule has 0 unspecified atom stereocenters. The van der Waals surface area contributed by atoms with Crippen molar-refractivity contribution in [3.63, 3.8) is 0 Å². The van der Waals surface area contributed by atoms with Crippen LogP contribution in [0.25, 0.3) is 22.4 Å². The van der Waals surface area contributed by atoms with Crippen LogP contribution in [-0.2, 0) is 0 Å². The van der Waals surface area contributed by atoms with Gasteiger partial charge < -0.3 is 0 Å². The molecule has 0 atom stereocenters. The number of rotatable bonds is 2. The second-order valence-electron chi connectivity index (χ2n) is 4.73. The normalized spacial score (nSPS) is 10.8. The molecule has 3 rings (SSSR count). The summed E-state index contributed by atoms with van der Waals surface area (Å²) >= 11 is 0. The zero-order valence-corrected chi connectivity index (χ0v) is 11.8. The molecule has 0 radical (unpaired) electrons. The van der Waals surface area contributed by atoms with Crippen LogP contribution in [0.15, 0.2) is 36.8 Å². The number of aryl methyl sites for hydroxylation is 1. The van der Waals surface area contributed by atoms with E-state index in [-0.39, 0.29) is 17.1 Å². The van der Waals surface area contributed by atoms with Crippen molar-refractivity contribution in [2.24, 2.45) is 0 Å². The van der Waals surface area contributed by atoms with Gasteiger partial charge in [0.15, 0.2) is 23.3 Å². The van der Waals surface area contributed by atoms with Crippen LogP contribution in [-0.4, -0.2) is 15.0 Å². The summed E-state index contributed by atoms with van der Waals surface area (Å²) in [4.78, 5) is 11.3. The Bertz CT molecular complexity index is 853. The first kappa shape index (κ1) is 15.1. The number of benzene rings is 1. The van der Waals surface area contributed by atoms with Gasteiger partial charge >= 0.3 is 0 Å². The van der Waals surface area contributed by atoms with E-state index in [2.05, 4.69) is 15.0 Å². The van der Waals surface area contributed by atoms with Crippen LogP contribution in [0.3, 0.4) is 0 Å². The molecule has 3 aromatic rings. The third kappa shape index (κ3) is 2.54. The van der Waals surface area contributed by atoms with E-state index in [0.717, 1.165) is 0 Å². The van der Waals surface area contributed by atoms with Gasteiger partial charge in [-0.05, 0) is 30.7 Å². The number of aromatic nitrogens is 3. The summed E-state index contributed by atoms with van der Waals surface area (Å²) in [6.45, 7) is 1.50. The van der Waals surface area contributed by atoms with Gasteiger partial charge in [0.2, 0.25) is 0 Å². The molecule has 0 saturated carbocycles. The summed E-state index contributed by atoms with van der Waals surface area (Å²) in [5.41, 5.74) is -1.88. The van der Waals surface area contributed by atoms with Gasteiger partial charge in [-0.1, -0.05) is 0 Å². The molecule has 2 heterocycles. The molecule has 1 aromatic carbocycles. The Kier molecular flexibility index (Phi) is 3.77. The molecule has 0 spiro atoms. The average molecular weight is 319 g/mol. The fraction of sp³-hybridized carbons (Fsp3) is 0.0625. The summed E-state index contributed by atoms with van der Waals surface area (Å²) in [6, 6.07) is 3.70. The SMILES string of the molecule is Cc1nccc(-c2c(F)c(F)c(-c3ccncc3)c(F)c2F)n1. The molecule has 23 heavy (non-hydrogen) atoms. The van der Waals surface area contributed by atoms with E-state index in [1.165, 1.54) is 43.7 Å². The molecule has 0 bridgehead atoms. The molecule has 7 heteroatoms. The van der Waals surface area contributed by atoms with Crippen molar-refractivity contribution >= 4 is 0 Å². The van der Waals surface area contributed by atoms with Gasteiger partial charge in [0.25, 0.3) is 0 Å². The predicted molar refractivity (Wildman–Crippen MR) is 75.3 cm³/mol. The van der Waals surface area contributed by atoms with E-state index in [9.17, 15) is 17.6 Å². The minimum Gasteiger partial charge on any atom is -0.265 e. The van der Waals surface area contributed by atoms with E-state index in [0.29, 0.717) is 0 Å². The predicted octanol–water partition coefficient (Wildman–Crippen LogP) is 4.07. The third-order valence-corrected chi connectivity index (χ3v) is 3.26. The van der Waals surface area contributed by atoms with Crippen LogP contribution in [0.1, 0.15) is 5.82 Å². The first-order valence-electron chi connectivity index (χ1n) is 6.57. The second-order valence-corrected chi connectivity index (χ2v) is 4.73. The second kappa shape index (κ2) is 5.75. The Balaban J connectivity index is 2.30. The van der Waals surface area contributed by atoms with Crippen molar-refractivity contribution in [3.05, 3.63) is 65.9 Å². The number of halogens is 4. The van der Waals surface area contributed by atoms with Crippen LogP contribution in [0.2, 0.25) is 0 Å². The topological polar surface area (TPSA) is 38.7 Å². The van der Waals surface area contributed by atoms with Crippen molar-refractivity contribution in [3.8, 4) is 22.4 Å². The maximum atomic E-state index is 14.3. The molecular weight excluding hydrogens is 310 g/mol. The fourth-order valence-corrected chi connectivity index (χ4v) is 2.22. The Morgan fingerprint density at radius 2 is 1.30 bits per heavy atom. The molecular formula is C16H9F4N3. The lowest BCUT2D eigenvalue weighted by molar-refractivity contribution is 0.462. The molecule has 0 N–H and O–H groups in total. The van der Waals surface area contributed by atoms with Crippen molar-refractivity contribution in [2.45, 2.75) is 6.92 Å². The molecule has 0 fully saturated rings. The van der Waals surface area contributed by atoms with Crippen LogP contribution < -0.4 is 0 Å². The van der Waals surface area contributed by atoms with Gasteiger partial charge in [0.1, 0.15) is 5.82 Å². The number of pyridine rings is 1. The quantitative estimate of drug-likeness (QED) is 0.528. The van der Waals surface area contributed by atoms with Gasteiger partial charge in [-0.3, -0.25) is 4.98 Å². The summed E-state index contributed by atoms with van der Waals surface area (Å²) in [5, 5.41) is 0. The Morgan fingerprint density at radius 3 is 1.87 bits per heavy atom. The third-order valence-electron chi connectivity index (χ3n) is 3.26. The van der Waals surface area contributed by atoms with Crippen molar-refractivity contribution in [1.82, 2.24) is 15.0 Å². The Morgan fingerprint density at radius 1 is 0.739 bits per heavy atom. The smallest absolute Gasteiger partial charge is 0.172 e. The van der Waals surface area contributed by atoms with Gasteiger partial charge in [0, 0.05) is 18.6 Å². The lowest BCUT2D eigenvalue weighted by atomic mass is 10.0. The zero-order chi connectivity index (χ0) is 16.6. The molecule has 0 aliphatic carbocycles. The van der Waals surface area contributed by atoms with Crippen LogP contribution in [0.4, 0.5) is 17.6 Å². The molecule has 0 saturated heterocycles. The lowest BCUT2D eigenvalue weighted by Crippen LogP contribution is -2.05. The maximum absolute atomic E-state index is 14.3. The molecule has 0 aliphatic heterocycles. The molecule has 0 aliphatic rings. The summed E-state index contributed by atoms with van der Waals surface area (Å²) < 4.78 is 57.4. The first-order valence-corrected chi connectivity index (χ1v) is 6.57. The van der Waals surface area contributed by atoms with Crippen LogP contribution in [0, 0.1) is 30.2 Å². The average Bonchev–Trinajstić information content (AvgIpc) is 2.55. The summed E-state index contributed by atoms with van der Waals surface area (Å²) in [6.07, 6.45) is 3.79. The van der Waals surface area contributed by atoms with E-state index in [1.807, 2.05) is 0 Å².